The van der Waals surface area contributed by atoms with Gasteiger partial charge in [0.2, 0.25) is 11.8 Å². The van der Waals surface area contributed by atoms with Crippen molar-refractivity contribution in [3.8, 4) is 5.75 Å². The molecule has 4 aromatic rings. The van der Waals surface area contributed by atoms with Crippen molar-refractivity contribution >= 4 is 51.5 Å². The molecule has 0 atom stereocenters. The lowest BCUT2D eigenvalue weighted by molar-refractivity contribution is -0.124. The summed E-state index contributed by atoms with van der Waals surface area (Å²) in [6.45, 7) is 0.172. The first kappa shape index (κ1) is 22.9. The number of carbonyl (C=O) groups is 2. The number of nitrogens with one attached hydrogen (secondary N) is 2. The molecule has 0 saturated heterocycles. The van der Waals surface area contributed by atoms with Crippen LogP contribution in [0.2, 0.25) is 5.02 Å². The standard InChI is InChI=1S/C24H19ClFN5O3/c25-19-10-17(5-7-21(19)34-12-14-2-1-3-15(26)8-14)31-24-18-9-16(30-23(33)11-22(27)32)4-6-20(18)28-13-29-24/h1-10,13H,11-12H2,(H2,27,32)(H,30,33)(H,28,29,31). The number of hydrogen-bond donors (Lipinski definition) is 3. The minimum atomic E-state index is -0.718. The van der Waals surface area contributed by atoms with Gasteiger partial charge in [-0.1, -0.05) is 23.7 Å². The fraction of sp³-hybridized carbons (Fsp3) is 0.0833. The summed E-state index contributed by atoms with van der Waals surface area (Å²) >= 11 is 6.38. The maximum Gasteiger partial charge on any atom is 0.233 e. The van der Waals surface area contributed by atoms with Gasteiger partial charge in [0.15, 0.2) is 0 Å². The topological polar surface area (TPSA) is 119 Å². The molecule has 34 heavy (non-hydrogen) atoms. The minimum absolute atomic E-state index is 0.172. The molecular formula is C24H19ClFN5O3. The van der Waals surface area contributed by atoms with Gasteiger partial charge in [-0.15, -0.1) is 0 Å². The molecule has 0 aliphatic heterocycles. The van der Waals surface area contributed by atoms with Gasteiger partial charge in [0.05, 0.1) is 10.5 Å². The number of fused-ring (bicyclic) bond motifs is 1. The van der Waals surface area contributed by atoms with Gasteiger partial charge in [-0.2, -0.15) is 0 Å². The van der Waals surface area contributed by atoms with Crippen LogP contribution < -0.4 is 21.1 Å². The summed E-state index contributed by atoms with van der Waals surface area (Å²) < 4.78 is 19.0. The molecule has 0 unspecified atom stereocenters. The number of rotatable bonds is 8. The van der Waals surface area contributed by atoms with Crippen molar-refractivity contribution in [1.29, 1.82) is 0 Å². The first-order valence-corrected chi connectivity index (χ1v) is 10.5. The Balaban J connectivity index is 1.51. The van der Waals surface area contributed by atoms with E-state index in [0.29, 0.717) is 44.4 Å². The first-order chi connectivity index (χ1) is 16.4. The Bertz CT molecular complexity index is 1380. The maximum absolute atomic E-state index is 13.3. The summed E-state index contributed by atoms with van der Waals surface area (Å²) in [5.74, 6) is -0.633. The van der Waals surface area contributed by atoms with Crippen molar-refractivity contribution in [2.75, 3.05) is 10.6 Å². The van der Waals surface area contributed by atoms with Crippen LogP contribution in [-0.2, 0) is 16.2 Å². The molecule has 3 aromatic carbocycles. The molecule has 10 heteroatoms. The van der Waals surface area contributed by atoms with Gasteiger partial charge in [-0.25, -0.2) is 14.4 Å². The molecule has 172 valence electrons. The predicted molar refractivity (Wildman–Crippen MR) is 127 cm³/mol. The normalized spacial score (nSPS) is 10.6. The monoisotopic (exact) mass is 479 g/mol. The molecule has 0 fully saturated rings. The lowest BCUT2D eigenvalue weighted by atomic mass is 10.2. The van der Waals surface area contributed by atoms with Crippen molar-refractivity contribution in [2.45, 2.75) is 13.0 Å². The molecule has 4 rings (SSSR count). The summed E-state index contributed by atoms with van der Waals surface area (Å²) in [5.41, 5.74) is 7.50. The van der Waals surface area contributed by atoms with Crippen LogP contribution in [0.15, 0.2) is 67.0 Å². The number of nitrogens with two attached hydrogens (primary N) is 1. The lowest BCUT2D eigenvalue weighted by Gasteiger charge is -2.12. The van der Waals surface area contributed by atoms with E-state index in [1.165, 1.54) is 18.5 Å². The van der Waals surface area contributed by atoms with Gasteiger partial charge < -0.3 is 21.1 Å². The SMILES string of the molecule is NC(=O)CC(=O)Nc1ccc2ncnc(Nc3ccc(OCc4cccc(F)c4)c(Cl)c3)c2c1. The largest absolute Gasteiger partial charge is 0.487 e. The van der Waals surface area contributed by atoms with Crippen molar-refractivity contribution in [3.63, 3.8) is 0 Å². The number of anilines is 3. The van der Waals surface area contributed by atoms with E-state index in [1.54, 1.807) is 48.5 Å². The third-order valence-corrected chi connectivity index (χ3v) is 5.03. The van der Waals surface area contributed by atoms with Crippen LogP contribution in [0, 0.1) is 5.82 Å². The fourth-order valence-electron chi connectivity index (χ4n) is 3.22. The molecule has 0 bridgehead atoms. The second kappa shape index (κ2) is 10.1. The van der Waals surface area contributed by atoms with Gasteiger partial charge in [-0.3, -0.25) is 9.59 Å². The summed E-state index contributed by atoms with van der Waals surface area (Å²) in [7, 11) is 0. The van der Waals surface area contributed by atoms with E-state index in [1.807, 2.05) is 0 Å². The lowest BCUT2D eigenvalue weighted by Crippen LogP contribution is -2.21. The Morgan fingerprint density at radius 2 is 1.85 bits per heavy atom. The third-order valence-electron chi connectivity index (χ3n) is 4.73. The van der Waals surface area contributed by atoms with E-state index in [4.69, 9.17) is 22.1 Å². The molecule has 2 amide bonds. The van der Waals surface area contributed by atoms with Gasteiger partial charge in [0.25, 0.3) is 0 Å². The Morgan fingerprint density at radius 1 is 1.03 bits per heavy atom. The number of aromatic nitrogens is 2. The second-order valence-corrected chi connectivity index (χ2v) is 7.74. The Labute approximate surface area is 198 Å². The summed E-state index contributed by atoms with van der Waals surface area (Å²) in [6, 6.07) is 16.4. The van der Waals surface area contributed by atoms with E-state index < -0.39 is 18.2 Å². The van der Waals surface area contributed by atoms with Crippen LogP contribution in [0.3, 0.4) is 0 Å². The van der Waals surface area contributed by atoms with E-state index in [-0.39, 0.29) is 12.4 Å². The van der Waals surface area contributed by atoms with E-state index in [0.717, 1.165) is 0 Å². The quantitative estimate of drug-likeness (QED) is 0.319. The number of carbonyl (C=O) groups excluding carboxylic acids is 2. The van der Waals surface area contributed by atoms with E-state index in [2.05, 4.69) is 20.6 Å². The Morgan fingerprint density at radius 3 is 2.62 bits per heavy atom. The number of hydrogen-bond acceptors (Lipinski definition) is 6. The highest BCUT2D eigenvalue weighted by molar-refractivity contribution is 6.32. The highest BCUT2D eigenvalue weighted by Crippen LogP contribution is 2.31. The number of primary amides is 1. The average Bonchev–Trinajstić information content (AvgIpc) is 2.78. The molecule has 1 aromatic heterocycles. The van der Waals surface area contributed by atoms with Gasteiger partial charge >= 0.3 is 0 Å². The van der Waals surface area contributed by atoms with Crippen LogP contribution in [0.1, 0.15) is 12.0 Å². The van der Waals surface area contributed by atoms with E-state index >= 15 is 0 Å². The molecule has 4 N–H and O–H groups in total. The van der Waals surface area contributed by atoms with Crippen LogP contribution in [0.5, 0.6) is 5.75 Å². The van der Waals surface area contributed by atoms with Crippen LogP contribution in [0.25, 0.3) is 10.9 Å². The predicted octanol–water partition coefficient (Wildman–Crippen LogP) is 4.56. The van der Waals surface area contributed by atoms with Gasteiger partial charge in [-0.05, 0) is 54.1 Å². The Hall–Kier alpha value is -4.24. The number of ether oxygens (including phenoxy) is 1. The molecule has 0 saturated carbocycles. The molecule has 1 heterocycles. The van der Waals surface area contributed by atoms with Crippen molar-refractivity contribution in [1.82, 2.24) is 9.97 Å². The Kier molecular flexibility index (Phi) is 6.84. The summed E-state index contributed by atoms with van der Waals surface area (Å²) in [4.78, 5) is 31.3. The molecular weight excluding hydrogens is 461 g/mol. The first-order valence-electron chi connectivity index (χ1n) is 10.1. The second-order valence-electron chi connectivity index (χ2n) is 7.33. The molecule has 0 spiro atoms. The zero-order valence-electron chi connectivity index (χ0n) is 17.7. The van der Waals surface area contributed by atoms with E-state index in [9.17, 15) is 14.0 Å². The molecule has 0 radical (unpaired) electrons. The summed E-state index contributed by atoms with van der Waals surface area (Å²) in [6.07, 6.45) is 0.995. The maximum atomic E-state index is 13.3. The summed E-state index contributed by atoms with van der Waals surface area (Å²) in [5, 5.41) is 6.80. The number of halogens is 2. The van der Waals surface area contributed by atoms with Gasteiger partial charge in [0, 0.05) is 16.8 Å². The van der Waals surface area contributed by atoms with Crippen molar-refractivity contribution < 1.29 is 18.7 Å². The van der Waals surface area contributed by atoms with Crippen LogP contribution >= 0.6 is 11.6 Å². The molecule has 8 nitrogen and oxygen atoms in total. The zero-order chi connectivity index (χ0) is 24.1. The molecule has 0 aliphatic rings. The molecule has 0 aliphatic carbocycles. The zero-order valence-corrected chi connectivity index (χ0v) is 18.5. The average molecular weight is 480 g/mol. The highest BCUT2D eigenvalue weighted by atomic mass is 35.5. The number of amides is 2. The van der Waals surface area contributed by atoms with Crippen molar-refractivity contribution in [2.24, 2.45) is 5.73 Å². The minimum Gasteiger partial charge on any atom is -0.487 e. The van der Waals surface area contributed by atoms with Gasteiger partial charge in [0.1, 0.15) is 36.7 Å². The smallest absolute Gasteiger partial charge is 0.233 e. The third kappa shape index (κ3) is 5.76. The number of benzene rings is 3. The van der Waals surface area contributed by atoms with Crippen LogP contribution in [-0.4, -0.2) is 21.8 Å². The fourth-order valence-corrected chi connectivity index (χ4v) is 3.45. The van der Waals surface area contributed by atoms with Crippen molar-refractivity contribution in [3.05, 3.63) is 83.4 Å². The number of nitrogens with zero attached hydrogens (tertiary/aromatic N) is 2. The highest BCUT2D eigenvalue weighted by Gasteiger charge is 2.11. The van der Waals surface area contributed by atoms with Crippen LogP contribution in [0.4, 0.5) is 21.6 Å².